The molecule has 0 fully saturated rings. The fourth-order valence-corrected chi connectivity index (χ4v) is 2.40. The van der Waals surface area contributed by atoms with Crippen LogP contribution in [-0.2, 0) is 4.79 Å². The van der Waals surface area contributed by atoms with Crippen LogP contribution in [0.1, 0.15) is 24.8 Å². The summed E-state index contributed by atoms with van der Waals surface area (Å²) in [5, 5.41) is 9.24. The Labute approximate surface area is 128 Å². The summed E-state index contributed by atoms with van der Waals surface area (Å²) < 4.78 is 11.3. The summed E-state index contributed by atoms with van der Waals surface area (Å²) in [6.07, 6.45) is 9.62. The molecule has 1 aromatic rings. The molecule has 0 amide bonds. The molecule has 0 spiro atoms. The van der Waals surface area contributed by atoms with Crippen molar-refractivity contribution in [1.29, 1.82) is 0 Å². The van der Waals surface area contributed by atoms with E-state index < -0.39 is 5.97 Å². The third-order valence-electron chi connectivity index (χ3n) is 3.15. The van der Waals surface area contributed by atoms with Gasteiger partial charge in [0.2, 0.25) is 0 Å². The van der Waals surface area contributed by atoms with Crippen LogP contribution in [0.5, 0.6) is 11.5 Å². The molecule has 0 bridgehead atoms. The van der Waals surface area contributed by atoms with Gasteiger partial charge in [-0.15, -0.1) is 0 Å². The van der Waals surface area contributed by atoms with E-state index in [4.69, 9.17) is 26.2 Å². The van der Waals surface area contributed by atoms with Gasteiger partial charge in [-0.2, -0.15) is 0 Å². The zero-order valence-corrected chi connectivity index (χ0v) is 12.5. The predicted octanol–water partition coefficient (Wildman–Crippen LogP) is 3.93. The van der Waals surface area contributed by atoms with Crippen LogP contribution < -0.4 is 9.47 Å². The zero-order valence-electron chi connectivity index (χ0n) is 11.7. The molecular weight excluding hydrogens is 292 g/mol. The van der Waals surface area contributed by atoms with Gasteiger partial charge in [-0.1, -0.05) is 17.7 Å². The van der Waals surface area contributed by atoms with Crippen molar-refractivity contribution in [3.8, 4) is 11.5 Å². The molecule has 0 saturated carbocycles. The number of ether oxygens (including phenoxy) is 2. The minimum Gasteiger partial charge on any atom is -0.493 e. The van der Waals surface area contributed by atoms with Crippen molar-refractivity contribution in [2.75, 3.05) is 7.11 Å². The highest BCUT2D eigenvalue weighted by atomic mass is 35.5. The van der Waals surface area contributed by atoms with Gasteiger partial charge >= 0.3 is 5.97 Å². The van der Waals surface area contributed by atoms with E-state index in [0.717, 1.165) is 25.3 Å². The lowest BCUT2D eigenvalue weighted by atomic mass is 10.0. The maximum atomic E-state index is 10.7. The van der Waals surface area contributed by atoms with Crippen LogP contribution in [-0.4, -0.2) is 24.3 Å². The Morgan fingerprint density at radius 2 is 2.29 bits per heavy atom. The molecule has 1 aromatic carbocycles. The van der Waals surface area contributed by atoms with Gasteiger partial charge in [-0.25, -0.2) is 4.79 Å². The number of carbonyl (C=O) groups is 1. The van der Waals surface area contributed by atoms with E-state index in [1.54, 1.807) is 12.1 Å². The minimum atomic E-state index is -1.03. The van der Waals surface area contributed by atoms with Gasteiger partial charge in [-0.3, -0.25) is 0 Å². The molecule has 1 N–H and O–H groups in total. The van der Waals surface area contributed by atoms with Crippen LogP contribution in [0.3, 0.4) is 0 Å². The number of carboxylic acid groups (broad SMARTS) is 1. The van der Waals surface area contributed by atoms with E-state index in [9.17, 15) is 4.79 Å². The first kappa shape index (κ1) is 15.4. The van der Waals surface area contributed by atoms with Crippen LogP contribution >= 0.6 is 11.6 Å². The zero-order chi connectivity index (χ0) is 15.2. The quantitative estimate of drug-likeness (QED) is 0.661. The number of hydrogen-bond acceptors (Lipinski definition) is 3. The van der Waals surface area contributed by atoms with E-state index in [-0.39, 0.29) is 6.10 Å². The molecule has 0 radical (unpaired) electrons. The van der Waals surface area contributed by atoms with Gasteiger partial charge < -0.3 is 14.6 Å². The topological polar surface area (TPSA) is 55.8 Å². The highest BCUT2D eigenvalue weighted by Gasteiger charge is 2.17. The van der Waals surface area contributed by atoms with Gasteiger partial charge in [-0.05, 0) is 37.5 Å². The van der Waals surface area contributed by atoms with E-state index in [1.165, 1.54) is 13.2 Å². The van der Waals surface area contributed by atoms with Crippen molar-refractivity contribution in [2.45, 2.75) is 25.4 Å². The van der Waals surface area contributed by atoms with Crippen molar-refractivity contribution in [1.82, 2.24) is 0 Å². The highest BCUT2D eigenvalue weighted by molar-refractivity contribution is 6.31. The summed E-state index contributed by atoms with van der Waals surface area (Å²) >= 11 is 6.03. The van der Waals surface area contributed by atoms with E-state index >= 15 is 0 Å². The van der Waals surface area contributed by atoms with Crippen molar-refractivity contribution in [2.24, 2.45) is 0 Å². The molecule has 21 heavy (non-hydrogen) atoms. The Morgan fingerprint density at radius 3 is 2.90 bits per heavy atom. The molecule has 0 heterocycles. The van der Waals surface area contributed by atoms with Crippen molar-refractivity contribution in [3.05, 3.63) is 40.9 Å². The minimum absolute atomic E-state index is 0.0363. The Kier molecular flexibility index (Phi) is 5.28. The number of methoxy groups -OCH3 is 1. The summed E-state index contributed by atoms with van der Waals surface area (Å²) in [7, 11) is 1.53. The van der Waals surface area contributed by atoms with Crippen LogP contribution in [0.2, 0.25) is 5.02 Å². The Morgan fingerprint density at radius 1 is 1.48 bits per heavy atom. The molecule has 1 aliphatic rings. The van der Waals surface area contributed by atoms with E-state index in [1.807, 2.05) is 6.08 Å². The number of carboxylic acids is 1. The molecule has 112 valence electrons. The SMILES string of the molecule is COc1cc(Cl)cc(/C=C/C(=O)O)c1OC1C=CCCC1. The first-order valence-electron chi connectivity index (χ1n) is 6.72. The Balaban J connectivity index is 2.37. The van der Waals surface area contributed by atoms with Crippen LogP contribution in [0.4, 0.5) is 0 Å². The Bertz CT molecular complexity index is 578. The van der Waals surface area contributed by atoms with Crippen molar-refractivity contribution >= 4 is 23.6 Å². The lowest BCUT2D eigenvalue weighted by Crippen LogP contribution is -2.16. The van der Waals surface area contributed by atoms with Crippen LogP contribution in [0, 0.1) is 0 Å². The maximum Gasteiger partial charge on any atom is 0.328 e. The number of allylic oxidation sites excluding steroid dienone is 1. The Hall–Kier alpha value is -1.94. The number of rotatable bonds is 5. The molecule has 5 heteroatoms. The summed E-state index contributed by atoms with van der Waals surface area (Å²) in [4.78, 5) is 10.7. The normalized spacial score (nSPS) is 17.9. The standard InChI is InChI=1S/C16H17ClO4/c1-20-14-10-12(17)9-11(7-8-15(18)19)16(14)21-13-5-3-2-4-6-13/h3,5,7-10,13H,2,4,6H2,1H3,(H,18,19)/b8-7+. The number of halogens is 1. The molecule has 0 saturated heterocycles. The van der Waals surface area contributed by atoms with Crippen molar-refractivity contribution < 1.29 is 19.4 Å². The monoisotopic (exact) mass is 308 g/mol. The summed E-state index contributed by atoms with van der Waals surface area (Å²) in [6, 6.07) is 3.31. The van der Waals surface area contributed by atoms with Gasteiger partial charge in [0, 0.05) is 22.7 Å². The molecule has 4 nitrogen and oxygen atoms in total. The van der Waals surface area contributed by atoms with Crippen LogP contribution in [0.15, 0.2) is 30.4 Å². The number of hydrogen-bond donors (Lipinski definition) is 1. The highest BCUT2D eigenvalue weighted by Crippen LogP contribution is 2.37. The second-order valence-electron chi connectivity index (χ2n) is 4.71. The van der Waals surface area contributed by atoms with Gasteiger partial charge in [0.25, 0.3) is 0 Å². The maximum absolute atomic E-state index is 10.7. The van der Waals surface area contributed by atoms with Crippen molar-refractivity contribution in [3.63, 3.8) is 0 Å². The van der Waals surface area contributed by atoms with Gasteiger partial charge in [0.15, 0.2) is 11.5 Å². The first-order valence-corrected chi connectivity index (χ1v) is 7.10. The second kappa shape index (κ2) is 7.18. The fourth-order valence-electron chi connectivity index (χ4n) is 2.18. The third-order valence-corrected chi connectivity index (χ3v) is 3.37. The van der Waals surface area contributed by atoms with E-state index in [0.29, 0.717) is 22.1 Å². The predicted molar refractivity (Wildman–Crippen MR) is 82.1 cm³/mol. The largest absolute Gasteiger partial charge is 0.493 e. The lowest BCUT2D eigenvalue weighted by Gasteiger charge is -2.21. The molecular formula is C16H17ClO4. The number of benzene rings is 1. The average molecular weight is 309 g/mol. The van der Waals surface area contributed by atoms with Crippen LogP contribution in [0.25, 0.3) is 6.08 Å². The number of aliphatic carboxylic acids is 1. The first-order chi connectivity index (χ1) is 10.1. The summed E-state index contributed by atoms with van der Waals surface area (Å²) in [5.41, 5.74) is 0.584. The molecule has 1 atom stereocenters. The smallest absolute Gasteiger partial charge is 0.328 e. The summed E-state index contributed by atoms with van der Waals surface area (Å²) in [6.45, 7) is 0. The molecule has 0 aromatic heterocycles. The van der Waals surface area contributed by atoms with E-state index in [2.05, 4.69) is 6.08 Å². The fraction of sp³-hybridized carbons (Fsp3) is 0.312. The third kappa shape index (κ3) is 4.26. The summed E-state index contributed by atoms with van der Waals surface area (Å²) in [5.74, 6) is -0.0279. The lowest BCUT2D eigenvalue weighted by molar-refractivity contribution is -0.131. The van der Waals surface area contributed by atoms with Gasteiger partial charge in [0.1, 0.15) is 6.10 Å². The molecule has 2 rings (SSSR count). The average Bonchev–Trinajstić information content (AvgIpc) is 2.48. The second-order valence-corrected chi connectivity index (χ2v) is 5.15. The molecule has 0 aliphatic heterocycles. The van der Waals surface area contributed by atoms with Gasteiger partial charge in [0.05, 0.1) is 7.11 Å². The molecule has 1 unspecified atom stereocenters. The molecule has 1 aliphatic carbocycles.